The van der Waals surface area contributed by atoms with Gasteiger partial charge in [-0.15, -0.1) is 0 Å². The lowest BCUT2D eigenvalue weighted by Gasteiger charge is -2.11. The maximum atomic E-state index is 9.01. The fourth-order valence-corrected chi connectivity index (χ4v) is 1.45. The lowest BCUT2D eigenvalue weighted by Crippen LogP contribution is -2.19. The van der Waals surface area contributed by atoms with Gasteiger partial charge in [-0.1, -0.05) is 0 Å². The van der Waals surface area contributed by atoms with Crippen LogP contribution >= 0.6 is 0 Å². The van der Waals surface area contributed by atoms with Crippen LogP contribution in [0.15, 0.2) is 31.1 Å². The molecule has 0 aromatic carbocycles. The molecular weight excluding hydrogens is 206 g/mol. The minimum atomic E-state index is -0.413. The van der Waals surface area contributed by atoms with E-state index in [1.165, 1.54) is 6.33 Å². The standard InChI is InChI=1S/C10H13N5O/c11-9(5-16)10-3-13-7-15(10)4-8-1-2-12-6-14-8/h1-3,6-7,9,16H,4-5,11H2. The monoisotopic (exact) mass is 219 g/mol. The van der Waals surface area contributed by atoms with Gasteiger partial charge in [-0.25, -0.2) is 15.0 Å². The van der Waals surface area contributed by atoms with Crippen LogP contribution in [0, 0.1) is 0 Å². The topological polar surface area (TPSA) is 89.8 Å². The van der Waals surface area contributed by atoms with Gasteiger partial charge in [0, 0.05) is 12.4 Å². The normalized spacial score (nSPS) is 12.6. The van der Waals surface area contributed by atoms with Crippen molar-refractivity contribution in [1.82, 2.24) is 19.5 Å². The van der Waals surface area contributed by atoms with Crippen molar-refractivity contribution in [3.63, 3.8) is 0 Å². The molecule has 0 saturated carbocycles. The van der Waals surface area contributed by atoms with Crippen LogP contribution in [0.5, 0.6) is 0 Å². The molecule has 2 heterocycles. The third-order valence-electron chi connectivity index (χ3n) is 2.30. The van der Waals surface area contributed by atoms with Gasteiger partial charge in [-0.2, -0.15) is 0 Å². The van der Waals surface area contributed by atoms with Gasteiger partial charge in [0.15, 0.2) is 0 Å². The number of aliphatic hydroxyl groups excluding tert-OH is 1. The molecular formula is C10H13N5O. The van der Waals surface area contributed by atoms with Crippen molar-refractivity contribution < 1.29 is 5.11 Å². The molecule has 1 unspecified atom stereocenters. The minimum Gasteiger partial charge on any atom is -0.394 e. The molecule has 0 spiro atoms. The maximum Gasteiger partial charge on any atom is 0.115 e. The molecule has 3 N–H and O–H groups in total. The average Bonchev–Trinajstić information content (AvgIpc) is 2.77. The second kappa shape index (κ2) is 4.82. The third kappa shape index (κ3) is 2.23. The SMILES string of the molecule is NC(CO)c1cncn1Cc1ccncn1. The van der Waals surface area contributed by atoms with Gasteiger partial charge < -0.3 is 15.4 Å². The van der Waals surface area contributed by atoms with Gasteiger partial charge in [-0.3, -0.25) is 0 Å². The predicted molar refractivity (Wildman–Crippen MR) is 57.4 cm³/mol. The molecule has 16 heavy (non-hydrogen) atoms. The first-order chi connectivity index (χ1) is 7.81. The fraction of sp³-hybridized carbons (Fsp3) is 0.300. The van der Waals surface area contributed by atoms with Gasteiger partial charge in [0.1, 0.15) is 6.33 Å². The van der Waals surface area contributed by atoms with Crippen LogP contribution in [0.3, 0.4) is 0 Å². The Labute approximate surface area is 92.8 Å². The highest BCUT2D eigenvalue weighted by molar-refractivity contribution is 5.08. The summed E-state index contributed by atoms with van der Waals surface area (Å²) in [5.74, 6) is 0. The molecule has 0 bridgehead atoms. The second-order valence-corrected chi connectivity index (χ2v) is 3.44. The molecule has 2 rings (SSSR count). The Bertz CT molecular complexity index is 441. The van der Waals surface area contributed by atoms with E-state index < -0.39 is 6.04 Å². The first-order valence-electron chi connectivity index (χ1n) is 4.92. The summed E-state index contributed by atoms with van der Waals surface area (Å²) in [6.07, 6.45) is 6.51. The molecule has 0 amide bonds. The Morgan fingerprint density at radius 3 is 3.00 bits per heavy atom. The number of aliphatic hydroxyl groups is 1. The Kier molecular flexibility index (Phi) is 3.23. The number of hydrogen-bond donors (Lipinski definition) is 2. The summed E-state index contributed by atoms with van der Waals surface area (Å²) in [6, 6.07) is 1.41. The zero-order valence-electron chi connectivity index (χ0n) is 8.69. The van der Waals surface area contributed by atoms with Gasteiger partial charge in [-0.05, 0) is 6.07 Å². The number of hydrogen-bond acceptors (Lipinski definition) is 5. The van der Waals surface area contributed by atoms with E-state index in [0.29, 0.717) is 6.54 Å². The number of aromatic nitrogens is 4. The van der Waals surface area contributed by atoms with Gasteiger partial charge in [0.25, 0.3) is 0 Å². The molecule has 0 aliphatic carbocycles. The summed E-state index contributed by atoms with van der Waals surface area (Å²) >= 11 is 0. The van der Waals surface area contributed by atoms with Crippen molar-refractivity contribution in [1.29, 1.82) is 0 Å². The van der Waals surface area contributed by atoms with Gasteiger partial charge >= 0.3 is 0 Å². The molecule has 6 nitrogen and oxygen atoms in total. The molecule has 0 aliphatic rings. The highest BCUT2D eigenvalue weighted by Crippen LogP contribution is 2.10. The highest BCUT2D eigenvalue weighted by atomic mass is 16.3. The van der Waals surface area contributed by atoms with Gasteiger partial charge in [0.05, 0.1) is 36.9 Å². The van der Waals surface area contributed by atoms with Crippen LogP contribution in [0.1, 0.15) is 17.4 Å². The lowest BCUT2D eigenvalue weighted by atomic mass is 10.2. The van der Waals surface area contributed by atoms with Crippen LogP contribution in [0.25, 0.3) is 0 Å². The van der Waals surface area contributed by atoms with Crippen molar-refractivity contribution in [2.75, 3.05) is 6.61 Å². The molecule has 6 heteroatoms. The first-order valence-corrected chi connectivity index (χ1v) is 4.92. The molecule has 0 radical (unpaired) electrons. The van der Waals surface area contributed by atoms with Crippen LogP contribution < -0.4 is 5.73 Å². The summed E-state index contributed by atoms with van der Waals surface area (Å²) in [7, 11) is 0. The van der Waals surface area contributed by atoms with Crippen LogP contribution in [-0.2, 0) is 6.54 Å². The minimum absolute atomic E-state index is 0.102. The highest BCUT2D eigenvalue weighted by Gasteiger charge is 2.10. The van der Waals surface area contributed by atoms with Crippen molar-refractivity contribution in [2.24, 2.45) is 5.73 Å². The number of nitrogens with two attached hydrogens (primary N) is 1. The van der Waals surface area contributed by atoms with E-state index in [0.717, 1.165) is 11.4 Å². The van der Waals surface area contributed by atoms with Crippen LogP contribution in [-0.4, -0.2) is 31.2 Å². The molecule has 0 saturated heterocycles. The molecule has 2 aromatic rings. The average molecular weight is 219 g/mol. The zero-order valence-corrected chi connectivity index (χ0v) is 8.69. The van der Waals surface area contributed by atoms with Crippen molar-refractivity contribution in [2.45, 2.75) is 12.6 Å². The second-order valence-electron chi connectivity index (χ2n) is 3.44. The lowest BCUT2D eigenvalue weighted by molar-refractivity contribution is 0.263. The summed E-state index contributed by atoms with van der Waals surface area (Å²) in [5.41, 5.74) is 7.42. The fourth-order valence-electron chi connectivity index (χ4n) is 1.45. The quantitative estimate of drug-likeness (QED) is 0.737. The Balaban J connectivity index is 2.19. The maximum absolute atomic E-state index is 9.01. The molecule has 0 fully saturated rings. The van der Waals surface area contributed by atoms with E-state index in [2.05, 4.69) is 15.0 Å². The number of imidazole rings is 1. The Morgan fingerprint density at radius 2 is 2.31 bits per heavy atom. The number of rotatable bonds is 4. The first kappa shape index (κ1) is 10.7. The molecule has 1 atom stereocenters. The van der Waals surface area contributed by atoms with Crippen LogP contribution in [0.4, 0.5) is 0 Å². The van der Waals surface area contributed by atoms with E-state index in [4.69, 9.17) is 10.8 Å². The summed E-state index contributed by atoms with van der Waals surface area (Å²) in [5, 5.41) is 9.01. The van der Waals surface area contributed by atoms with Crippen molar-refractivity contribution >= 4 is 0 Å². The number of nitrogens with zero attached hydrogens (tertiary/aromatic N) is 4. The smallest absolute Gasteiger partial charge is 0.115 e. The van der Waals surface area contributed by atoms with Crippen molar-refractivity contribution in [3.05, 3.63) is 42.5 Å². The third-order valence-corrected chi connectivity index (χ3v) is 2.30. The Hall–Kier alpha value is -1.79. The summed E-state index contributed by atoms with van der Waals surface area (Å²) in [6.45, 7) is 0.473. The van der Waals surface area contributed by atoms with E-state index in [1.54, 1.807) is 18.7 Å². The van der Waals surface area contributed by atoms with Gasteiger partial charge in [0.2, 0.25) is 0 Å². The Morgan fingerprint density at radius 1 is 1.44 bits per heavy atom. The predicted octanol–water partition coefficient (Wildman–Crippen LogP) is -0.287. The summed E-state index contributed by atoms with van der Waals surface area (Å²) in [4.78, 5) is 12.0. The molecule has 0 aliphatic heterocycles. The molecule has 2 aromatic heterocycles. The van der Waals surface area contributed by atoms with E-state index in [1.807, 2.05) is 10.6 Å². The summed E-state index contributed by atoms with van der Waals surface area (Å²) < 4.78 is 1.86. The van der Waals surface area contributed by atoms with E-state index >= 15 is 0 Å². The van der Waals surface area contributed by atoms with Crippen molar-refractivity contribution in [3.8, 4) is 0 Å². The van der Waals surface area contributed by atoms with E-state index in [-0.39, 0.29) is 6.61 Å². The van der Waals surface area contributed by atoms with Crippen LogP contribution in [0.2, 0.25) is 0 Å². The zero-order chi connectivity index (χ0) is 11.4. The largest absolute Gasteiger partial charge is 0.394 e. The molecule has 84 valence electrons. The van der Waals surface area contributed by atoms with E-state index in [9.17, 15) is 0 Å².